The monoisotopic (exact) mass is 304 g/mol. The van der Waals surface area contributed by atoms with Gasteiger partial charge < -0.3 is 9.73 Å². The van der Waals surface area contributed by atoms with Crippen LogP contribution < -0.4 is 5.32 Å². The van der Waals surface area contributed by atoms with Crippen molar-refractivity contribution in [1.29, 1.82) is 0 Å². The molecule has 7 heteroatoms. The molecule has 0 radical (unpaired) electrons. The van der Waals surface area contributed by atoms with Gasteiger partial charge in [0, 0.05) is 25.4 Å². The molecule has 1 saturated carbocycles. The molecule has 1 N–H and O–H groups in total. The van der Waals surface area contributed by atoms with Gasteiger partial charge in [0.05, 0.1) is 6.54 Å². The van der Waals surface area contributed by atoms with Crippen molar-refractivity contribution in [1.82, 2.24) is 9.62 Å². The predicted molar refractivity (Wildman–Crippen MR) is 76.8 cm³/mol. The highest BCUT2D eigenvalue weighted by atomic mass is 32.2. The van der Waals surface area contributed by atoms with Gasteiger partial charge in [-0.3, -0.25) is 0 Å². The maximum absolute atomic E-state index is 12.2. The Bertz CT molecular complexity index is 509. The van der Waals surface area contributed by atoms with E-state index in [9.17, 15) is 8.42 Å². The Labute approximate surface area is 118 Å². The highest BCUT2D eigenvalue weighted by Gasteiger charge is 2.25. The molecule has 1 aliphatic carbocycles. The van der Waals surface area contributed by atoms with Crippen LogP contribution in [0.3, 0.4) is 0 Å². The van der Waals surface area contributed by atoms with Crippen molar-refractivity contribution in [2.24, 2.45) is 0 Å². The third kappa shape index (κ3) is 3.98. The van der Waals surface area contributed by atoms with Crippen molar-refractivity contribution in [3.8, 4) is 0 Å². The second-order valence-electron chi connectivity index (χ2n) is 4.70. The zero-order valence-corrected chi connectivity index (χ0v) is 12.9. The summed E-state index contributed by atoms with van der Waals surface area (Å²) in [5.41, 5.74) is 0. The molecular formula is C12H20N2O3S2. The third-order valence-corrected chi connectivity index (χ3v) is 5.38. The van der Waals surface area contributed by atoms with E-state index in [0.29, 0.717) is 24.9 Å². The summed E-state index contributed by atoms with van der Waals surface area (Å²) in [6, 6.07) is 3.84. The molecule has 0 amide bonds. The van der Waals surface area contributed by atoms with E-state index in [1.165, 1.54) is 23.2 Å². The second-order valence-corrected chi connectivity index (χ2v) is 7.66. The Kier molecular flexibility index (Phi) is 4.94. The van der Waals surface area contributed by atoms with Crippen molar-refractivity contribution in [2.45, 2.75) is 30.5 Å². The van der Waals surface area contributed by atoms with E-state index in [1.807, 2.05) is 6.26 Å². The zero-order valence-electron chi connectivity index (χ0n) is 11.3. The molecule has 19 heavy (non-hydrogen) atoms. The van der Waals surface area contributed by atoms with Crippen molar-refractivity contribution < 1.29 is 12.8 Å². The number of nitrogens with one attached hydrogen (secondary N) is 1. The third-order valence-electron chi connectivity index (χ3n) is 3.05. The fourth-order valence-electron chi connectivity index (χ4n) is 1.62. The lowest BCUT2D eigenvalue weighted by molar-refractivity contribution is 0.383. The largest absolute Gasteiger partial charge is 0.447 e. The van der Waals surface area contributed by atoms with Crippen LogP contribution in [0.25, 0.3) is 0 Å². The number of furan rings is 1. The first kappa shape index (κ1) is 14.9. The standard InChI is InChI=1S/C12H20N2O3S2/c1-14(7-8-18-2)19(15,16)12-6-5-11(17-12)9-13-10-3-4-10/h5-6,10,13H,3-4,7-9H2,1-2H3. The molecule has 1 aromatic heterocycles. The number of sulfonamides is 1. The summed E-state index contributed by atoms with van der Waals surface area (Å²) in [6.45, 7) is 1.08. The van der Waals surface area contributed by atoms with Gasteiger partial charge in [-0.15, -0.1) is 0 Å². The number of hydrogen-bond donors (Lipinski definition) is 1. The first-order chi connectivity index (χ1) is 9.04. The van der Waals surface area contributed by atoms with Crippen LogP contribution in [0.1, 0.15) is 18.6 Å². The Balaban J connectivity index is 1.98. The molecule has 0 spiro atoms. The van der Waals surface area contributed by atoms with Crippen LogP contribution in [0.2, 0.25) is 0 Å². The molecule has 0 aromatic carbocycles. The number of thioether (sulfide) groups is 1. The van der Waals surface area contributed by atoms with Gasteiger partial charge in [0.1, 0.15) is 5.76 Å². The van der Waals surface area contributed by atoms with Gasteiger partial charge in [-0.25, -0.2) is 8.42 Å². The van der Waals surface area contributed by atoms with Gasteiger partial charge in [0.2, 0.25) is 5.09 Å². The molecule has 5 nitrogen and oxygen atoms in total. The topological polar surface area (TPSA) is 62.6 Å². The van der Waals surface area contributed by atoms with E-state index < -0.39 is 10.0 Å². The molecule has 0 bridgehead atoms. The normalized spacial score (nSPS) is 16.2. The quantitative estimate of drug-likeness (QED) is 0.789. The highest BCUT2D eigenvalue weighted by molar-refractivity contribution is 7.98. The minimum absolute atomic E-state index is 0.0312. The van der Waals surface area contributed by atoms with Crippen LogP contribution in [-0.2, 0) is 16.6 Å². The number of nitrogens with zero attached hydrogens (tertiary/aromatic N) is 1. The molecular weight excluding hydrogens is 284 g/mol. The maximum Gasteiger partial charge on any atom is 0.276 e. The average molecular weight is 304 g/mol. The molecule has 2 rings (SSSR count). The van der Waals surface area contributed by atoms with E-state index in [0.717, 1.165) is 5.75 Å². The van der Waals surface area contributed by atoms with Crippen molar-refractivity contribution in [2.75, 3.05) is 25.6 Å². The maximum atomic E-state index is 12.2. The van der Waals surface area contributed by atoms with E-state index >= 15 is 0 Å². The van der Waals surface area contributed by atoms with Crippen LogP contribution >= 0.6 is 11.8 Å². The minimum Gasteiger partial charge on any atom is -0.447 e. The summed E-state index contributed by atoms with van der Waals surface area (Å²) < 4.78 is 31.2. The molecule has 0 saturated heterocycles. The van der Waals surface area contributed by atoms with Crippen LogP contribution in [0.4, 0.5) is 0 Å². The van der Waals surface area contributed by atoms with E-state index in [-0.39, 0.29) is 5.09 Å². The summed E-state index contributed by atoms with van der Waals surface area (Å²) in [4.78, 5) is 0. The van der Waals surface area contributed by atoms with Gasteiger partial charge in [-0.2, -0.15) is 16.1 Å². The predicted octanol–water partition coefficient (Wildman–Crippen LogP) is 1.52. The van der Waals surface area contributed by atoms with Gasteiger partial charge >= 0.3 is 0 Å². The molecule has 0 unspecified atom stereocenters. The van der Waals surface area contributed by atoms with E-state index in [2.05, 4.69) is 5.32 Å². The summed E-state index contributed by atoms with van der Waals surface area (Å²) in [6.07, 6.45) is 4.35. The average Bonchev–Trinajstić information content (AvgIpc) is 3.09. The fraction of sp³-hybridized carbons (Fsp3) is 0.667. The summed E-state index contributed by atoms with van der Waals surface area (Å²) in [5, 5.41) is 3.33. The van der Waals surface area contributed by atoms with Gasteiger partial charge in [0.15, 0.2) is 0 Å². The Morgan fingerprint density at radius 3 is 2.84 bits per heavy atom. The zero-order chi connectivity index (χ0) is 13.9. The van der Waals surface area contributed by atoms with Crippen LogP contribution in [0.15, 0.2) is 21.6 Å². The summed E-state index contributed by atoms with van der Waals surface area (Å²) in [5.74, 6) is 1.44. The van der Waals surface area contributed by atoms with Gasteiger partial charge in [-0.05, 0) is 31.2 Å². The lowest BCUT2D eigenvalue weighted by Gasteiger charge is -2.14. The Morgan fingerprint density at radius 2 is 2.21 bits per heavy atom. The van der Waals surface area contributed by atoms with Gasteiger partial charge in [-0.1, -0.05) is 0 Å². The molecule has 1 aliphatic rings. The smallest absolute Gasteiger partial charge is 0.276 e. The molecule has 1 aromatic rings. The fourth-order valence-corrected chi connectivity index (χ4v) is 3.28. The molecule has 0 aliphatic heterocycles. The number of rotatable bonds is 8. The molecule has 1 fully saturated rings. The molecule has 108 valence electrons. The van der Waals surface area contributed by atoms with Crippen LogP contribution in [0, 0.1) is 0 Å². The minimum atomic E-state index is -3.49. The number of hydrogen-bond acceptors (Lipinski definition) is 5. The van der Waals surface area contributed by atoms with E-state index in [1.54, 1.807) is 24.9 Å². The summed E-state index contributed by atoms with van der Waals surface area (Å²) >= 11 is 1.62. The summed E-state index contributed by atoms with van der Waals surface area (Å²) in [7, 11) is -1.91. The Hall–Kier alpha value is -0.500. The van der Waals surface area contributed by atoms with E-state index in [4.69, 9.17) is 4.42 Å². The highest BCUT2D eigenvalue weighted by Crippen LogP contribution is 2.21. The lowest BCUT2D eigenvalue weighted by Crippen LogP contribution is -2.28. The first-order valence-corrected chi connectivity index (χ1v) is 9.15. The second kappa shape index (κ2) is 6.30. The van der Waals surface area contributed by atoms with Crippen molar-refractivity contribution in [3.05, 3.63) is 17.9 Å². The van der Waals surface area contributed by atoms with Crippen molar-refractivity contribution >= 4 is 21.8 Å². The SMILES string of the molecule is CSCCN(C)S(=O)(=O)c1ccc(CNC2CC2)o1. The van der Waals surface area contributed by atoms with Crippen LogP contribution in [0.5, 0.6) is 0 Å². The van der Waals surface area contributed by atoms with Gasteiger partial charge in [0.25, 0.3) is 10.0 Å². The first-order valence-electron chi connectivity index (χ1n) is 6.31. The van der Waals surface area contributed by atoms with Crippen LogP contribution in [-0.4, -0.2) is 44.4 Å². The molecule has 0 atom stereocenters. The Morgan fingerprint density at radius 1 is 1.47 bits per heavy atom. The lowest BCUT2D eigenvalue weighted by atomic mass is 10.4. The van der Waals surface area contributed by atoms with Crippen molar-refractivity contribution in [3.63, 3.8) is 0 Å². The molecule has 1 heterocycles.